The number of aliphatic carboxylic acids is 1. The molecule has 0 aliphatic heterocycles. The van der Waals surface area contributed by atoms with E-state index in [1.807, 2.05) is 13.0 Å². The normalized spacial score (nSPS) is 12.7. The van der Waals surface area contributed by atoms with Crippen molar-refractivity contribution in [3.63, 3.8) is 0 Å². The van der Waals surface area contributed by atoms with Crippen molar-refractivity contribution in [3.8, 4) is 0 Å². The third-order valence-electron chi connectivity index (χ3n) is 2.32. The molecule has 0 saturated carbocycles. The molecule has 0 aliphatic carbocycles. The molecule has 0 rings (SSSR count). The summed E-state index contributed by atoms with van der Waals surface area (Å²) in [5.74, 6) is -0.663. The molecule has 0 bridgehead atoms. The van der Waals surface area contributed by atoms with Crippen molar-refractivity contribution >= 4 is 11.8 Å². The van der Waals surface area contributed by atoms with Gasteiger partial charge in [0.2, 0.25) is 0 Å². The average Bonchev–Trinajstić information content (AvgIpc) is 2.16. The largest absolute Gasteiger partial charge is 0.478 e. The minimum atomic E-state index is -0.863. The Morgan fingerprint density at radius 1 is 1.00 bits per heavy atom. The first-order valence-electron chi connectivity index (χ1n) is 5.48. The van der Waals surface area contributed by atoms with Gasteiger partial charge in [0.15, 0.2) is 0 Å². The van der Waals surface area contributed by atoms with Crippen LogP contribution < -0.4 is 0 Å². The van der Waals surface area contributed by atoms with Gasteiger partial charge >= 0.3 is 5.97 Å². The van der Waals surface area contributed by atoms with Gasteiger partial charge in [-0.05, 0) is 40.0 Å². The van der Waals surface area contributed by atoms with Crippen LogP contribution in [0.3, 0.4) is 0 Å². The summed E-state index contributed by atoms with van der Waals surface area (Å²) >= 11 is 0. The van der Waals surface area contributed by atoms with Crippen LogP contribution in [0.2, 0.25) is 0 Å². The Hall–Kier alpha value is -1.38. The van der Waals surface area contributed by atoms with Crippen LogP contribution in [0, 0.1) is 0 Å². The predicted octanol–water partition coefficient (Wildman–Crippen LogP) is 3.11. The SMILES string of the molecule is CC(=O)CCC=C(C)CC/C=C(\C)C(=O)O. The van der Waals surface area contributed by atoms with E-state index in [0.717, 1.165) is 19.3 Å². The lowest BCUT2D eigenvalue weighted by molar-refractivity contribution is -0.132. The first kappa shape index (κ1) is 14.6. The third kappa shape index (κ3) is 7.97. The lowest BCUT2D eigenvalue weighted by Crippen LogP contribution is -1.95. The van der Waals surface area contributed by atoms with Gasteiger partial charge in [0.1, 0.15) is 5.78 Å². The smallest absolute Gasteiger partial charge is 0.330 e. The number of ketones is 1. The van der Waals surface area contributed by atoms with Crippen LogP contribution in [0.15, 0.2) is 23.3 Å². The summed E-state index contributed by atoms with van der Waals surface area (Å²) in [5.41, 5.74) is 1.59. The lowest BCUT2D eigenvalue weighted by Gasteiger charge is -1.99. The Bertz CT molecular complexity index is 311. The second kappa shape index (κ2) is 7.85. The molecule has 16 heavy (non-hydrogen) atoms. The van der Waals surface area contributed by atoms with Gasteiger partial charge in [0.05, 0.1) is 0 Å². The van der Waals surface area contributed by atoms with Crippen molar-refractivity contribution in [2.24, 2.45) is 0 Å². The molecule has 0 aromatic carbocycles. The fraction of sp³-hybridized carbons (Fsp3) is 0.538. The van der Waals surface area contributed by atoms with Gasteiger partial charge in [-0.15, -0.1) is 0 Å². The molecule has 0 saturated heterocycles. The Balaban J connectivity index is 3.89. The molecule has 0 aromatic rings. The maximum absolute atomic E-state index is 10.7. The van der Waals surface area contributed by atoms with Crippen molar-refractivity contribution < 1.29 is 14.7 Å². The number of carboxylic acids is 1. The highest BCUT2D eigenvalue weighted by Gasteiger charge is 1.98. The van der Waals surface area contributed by atoms with E-state index in [9.17, 15) is 9.59 Å². The number of hydrogen-bond donors (Lipinski definition) is 1. The standard InChI is InChI=1S/C13H20O3/c1-10(7-5-9-12(3)14)6-4-8-11(2)13(15)16/h7-8H,4-6,9H2,1-3H3,(H,15,16)/b10-7?,11-8+. The molecule has 0 aliphatic rings. The summed E-state index contributed by atoms with van der Waals surface area (Å²) in [6.45, 7) is 5.18. The molecular weight excluding hydrogens is 204 g/mol. The number of carboxylic acid groups (broad SMARTS) is 1. The van der Waals surface area contributed by atoms with Gasteiger partial charge in [-0.1, -0.05) is 17.7 Å². The molecule has 0 spiro atoms. The van der Waals surface area contributed by atoms with Gasteiger partial charge in [0, 0.05) is 12.0 Å². The highest BCUT2D eigenvalue weighted by atomic mass is 16.4. The molecule has 0 fully saturated rings. The molecule has 0 atom stereocenters. The number of carbonyl (C=O) groups is 2. The number of hydrogen-bond acceptors (Lipinski definition) is 2. The van der Waals surface area contributed by atoms with E-state index in [4.69, 9.17) is 5.11 Å². The quantitative estimate of drug-likeness (QED) is 0.534. The van der Waals surface area contributed by atoms with Crippen LogP contribution in [-0.2, 0) is 9.59 Å². The van der Waals surface area contributed by atoms with E-state index in [1.165, 1.54) is 5.57 Å². The van der Waals surface area contributed by atoms with Gasteiger partial charge < -0.3 is 9.90 Å². The van der Waals surface area contributed by atoms with Crippen molar-refractivity contribution in [1.82, 2.24) is 0 Å². The summed E-state index contributed by atoms with van der Waals surface area (Å²) in [6, 6.07) is 0. The predicted molar refractivity (Wildman–Crippen MR) is 64.3 cm³/mol. The van der Waals surface area contributed by atoms with E-state index in [1.54, 1.807) is 19.9 Å². The monoisotopic (exact) mass is 224 g/mol. The molecule has 3 heteroatoms. The van der Waals surface area contributed by atoms with Crippen LogP contribution in [-0.4, -0.2) is 16.9 Å². The number of allylic oxidation sites excluding steroid dienone is 3. The first-order valence-corrected chi connectivity index (χ1v) is 5.48. The van der Waals surface area contributed by atoms with Crippen LogP contribution in [0.4, 0.5) is 0 Å². The van der Waals surface area contributed by atoms with E-state index in [0.29, 0.717) is 12.0 Å². The molecule has 0 radical (unpaired) electrons. The molecular formula is C13H20O3. The van der Waals surface area contributed by atoms with Crippen LogP contribution in [0.5, 0.6) is 0 Å². The second-order valence-electron chi connectivity index (χ2n) is 4.02. The Labute approximate surface area is 96.9 Å². The van der Waals surface area contributed by atoms with Crippen LogP contribution in [0.1, 0.15) is 46.5 Å². The molecule has 0 unspecified atom stereocenters. The fourth-order valence-electron chi connectivity index (χ4n) is 1.23. The maximum Gasteiger partial charge on any atom is 0.330 e. The average molecular weight is 224 g/mol. The van der Waals surface area contributed by atoms with Crippen LogP contribution in [0.25, 0.3) is 0 Å². The van der Waals surface area contributed by atoms with Gasteiger partial charge in [0.25, 0.3) is 0 Å². The summed E-state index contributed by atoms with van der Waals surface area (Å²) in [5, 5.41) is 8.63. The zero-order valence-corrected chi connectivity index (χ0v) is 10.2. The van der Waals surface area contributed by atoms with E-state index in [-0.39, 0.29) is 5.78 Å². The minimum absolute atomic E-state index is 0.200. The van der Waals surface area contributed by atoms with Crippen LogP contribution >= 0.6 is 0 Å². The Kier molecular flexibility index (Phi) is 7.18. The summed E-state index contributed by atoms with van der Waals surface area (Å²) in [7, 11) is 0. The highest BCUT2D eigenvalue weighted by Crippen LogP contribution is 2.08. The topological polar surface area (TPSA) is 54.4 Å². The molecule has 0 amide bonds. The Morgan fingerprint density at radius 2 is 1.56 bits per heavy atom. The van der Waals surface area contributed by atoms with Crippen molar-refractivity contribution in [2.45, 2.75) is 46.5 Å². The van der Waals surface area contributed by atoms with Crippen molar-refractivity contribution in [3.05, 3.63) is 23.3 Å². The fourth-order valence-corrected chi connectivity index (χ4v) is 1.23. The number of rotatable bonds is 7. The minimum Gasteiger partial charge on any atom is -0.478 e. The second-order valence-corrected chi connectivity index (χ2v) is 4.02. The summed E-state index contributed by atoms with van der Waals surface area (Å²) in [6.07, 6.45) is 6.73. The zero-order valence-electron chi connectivity index (χ0n) is 10.2. The first-order chi connectivity index (χ1) is 7.43. The highest BCUT2D eigenvalue weighted by molar-refractivity contribution is 5.85. The van der Waals surface area contributed by atoms with Crippen molar-refractivity contribution in [2.75, 3.05) is 0 Å². The molecule has 0 heterocycles. The van der Waals surface area contributed by atoms with Gasteiger partial charge in [-0.25, -0.2) is 4.79 Å². The lowest BCUT2D eigenvalue weighted by atomic mass is 10.1. The summed E-state index contributed by atoms with van der Waals surface area (Å²) < 4.78 is 0. The van der Waals surface area contributed by atoms with Crippen molar-refractivity contribution in [1.29, 1.82) is 0 Å². The van der Waals surface area contributed by atoms with E-state index >= 15 is 0 Å². The molecule has 3 nitrogen and oxygen atoms in total. The molecule has 1 N–H and O–H groups in total. The third-order valence-corrected chi connectivity index (χ3v) is 2.32. The zero-order chi connectivity index (χ0) is 12.6. The number of carbonyl (C=O) groups excluding carboxylic acids is 1. The maximum atomic E-state index is 10.7. The van der Waals surface area contributed by atoms with Gasteiger partial charge in [-0.2, -0.15) is 0 Å². The van der Waals surface area contributed by atoms with E-state index in [2.05, 4.69) is 0 Å². The number of Topliss-reactive ketones (excluding diaryl/α,β-unsaturated/α-hetero) is 1. The van der Waals surface area contributed by atoms with E-state index < -0.39 is 5.97 Å². The summed E-state index contributed by atoms with van der Waals surface area (Å²) in [4.78, 5) is 21.2. The molecule has 90 valence electrons. The Morgan fingerprint density at radius 3 is 2.06 bits per heavy atom. The molecule has 0 aromatic heterocycles. The van der Waals surface area contributed by atoms with Gasteiger partial charge in [-0.3, -0.25) is 0 Å².